The lowest BCUT2D eigenvalue weighted by molar-refractivity contribution is -0.139. The first-order valence-electron chi connectivity index (χ1n) is 13.4. The van der Waals surface area contributed by atoms with Gasteiger partial charge in [0.05, 0.1) is 41.4 Å². The standard InChI is InChI=1S/C31H31ClN4O4S/c1-6-9-24-27(30(38)40-7-2)28(23-16-21(32)11-12-25(23)39-5)36-29(37)26(41-31(36)34-24)15-20-14-18(3)35(19(20)4)22-10-8-13-33-17-22/h8,10-17,28H,6-7,9H2,1-5H3/b26-15+/t28-/m0/s1. The van der Waals surface area contributed by atoms with Crippen molar-refractivity contribution in [3.05, 3.63) is 107 Å². The number of ether oxygens (including phenoxy) is 2. The summed E-state index contributed by atoms with van der Waals surface area (Å²) in [4.78, 5) is 37.2. The fourth-order valence-electron chi connectivity index (χ4n) is 5.29. The smallest absolute Gasteiger partial charge is 0.338 e. The van der Waals surface area contributed by atoms with Crippen LogP contribution in [-0.2, 0) is 9.53 Å². The van der Waals surface area contributed by atoms with Crippen molar-refractivity contribution >= 4 is 35.0 Å². The van der Waals surface area contributed by atoms with E-state index in [1.54, 1.807) is 43.0 Å². The van der Waals surface area contributed by atoms with Gasteiger partial charge >= 0.3 is 5.97 Å². The first kappa shape index (κ1) is 28.6. The summed E-state index contributed by atoms with van der Waals surface area (Å²) >= 11 is 7.73. The Kier molecular flexibility index (Phi) is 8.28. The molecule has 8 nitrogen and oxygen atoms in total. The Morgan fingerprint density at radius 3 is 2.68 bits per heavy atom. The summed E-state index contributed by atoms with van der Waals surface area (Å²) in [5.74, 6) is -0.00503. The zero-order valence-corrected chi connectivity index (χ0v) is 25.2. The van der Waals surface area contributed by atoms with E-state index in [1.165, 1.54) is 11.3 Å². The summed E-state index contributed by atoms with van der Waals surface area (Å²) in [6, 6.07) is 10.3. The van der Waals surface area contributed by atoms with Crippen LogP contribution in [-0.4, -0.2) is 33.8 Å². The van der Waals surface area contributed by atoms with Gasteiger partial charge in [-0.05, 0) is 75.2 Å². The van der Waals surface area contributed by atoms with E-state index in [2.05, 4.69) is 9.55 Å². The second-order valence-electron chi connectivity index (χ2n) is 9.67. The second kappa shape index (κ2) is 11.9. The molecule has 0 amide bonds. The van der Waals surface area contributed by atoms with Crippen LogP contribution in [0, 0.1) is 13.8 Å². The van der Waals surface area contributed by atoms with Crippen molar-refractivity contribution < 1.29 is 14.3 Å². The van der Waals surface area contributed by atoms with Crippen LogP contribution in [0.3, 0.4) is 0 Å². The number of esters is 1. The molecule has 5 rings (SSSR count). The summed E-state index contributed by atoms with van der Waals surface area (Å²) in [5, 5.41) is 0.461. The maximum absolute atomic E-state index is 14.2. The quantitative estimate of drug-likeness (QED) is 0.268. The van der Waals surface area contributed by atoms with Crippen LogP contribution in [0.2, 0.25) is 5.02 Å². The lowest BCUT2D eigenvalue weighted by Gasteiger charge is -2.27. The first-order chi connectivity index (χ1) is 19.8. The average molecular weight is 591 g/mol. The fourth-order valence-corrected chi connectivity index (χ4v) is 6.48. The third kappa shape index (κ3) is 5.27. The number of halogens is 1. The van der Waals surface area contributed by atoms with E-state index in [-0.39, 0.29) is 12.2 Å². The minimum Gasteiger partial charge on any atom is -0.496 e. The minimum atomic E-state index is -0.814. The molecule has 0 spiro atoms. The molecule has 0 radical (unpaired) electrons. The normalized spacial score (nSPS) is 15.1. The lowest BCUT2D eigenvalue weighted by Crippen LogP contribution is -2.40. The van der Waals surface area contributed by atoms with Gasteiger partial charge in [0.2, 0.25) is 0 Å². The molecule has 1 aliphatic heterocycles. The molecule has 1 atom stereocenters. The van der Waals surface area contributed by atoms with E-state index in [0.29, 0.717) is 43.4 Å². The van der Waals surface area contributed by atoms with Gasteiger partial charge in [0.15, 0.2) is 4.80 Å². The van der Waals surface area contributed by atoms with Crippen molar-refractivity contribution in [2.45, 2.75) is 46.6 Å². The van der Waals surface area contributed by atoms with E-state index in [1.807, 2.05) is 51.2 Å². The molecular weight excluding hydrogens is 560 g/mol. The zero-order chi connectivity index (χ0) is 29.3. The summed E-state index contributed by atoms with van der Waals surface area (Å²) in [6.07, 6.45) is 6.74. The molecule has 1 aliphatic rings. The zero-order valence-electron chi connectivity index (χ0n) is 23.6. The van der Waals surface area contributed by atoms with Gasteiger partial charge in [-0.1, -0.05) is 36.3 Å². The van der Waals surface area contributed by atoms with Crippen molar-refractivity contribution in [1.82, 2.24) is 14.1 Å². The first-order valence-corrected chi connectivity index (χ1v) is 14.6. The molecule has 0 bridgehead atoms. The highest BCUT2D eigenvalue weighted by atomic mass is 35.5. The van der Waals surface area contributed by atoms with Crippen molar-refractivity contribution in [2.24, 2.45) is 4.99 Å². The van der Waals surface area contributed by atoms with Gasteiger partial charge in [0.1, 0.15) is 11.8 Å². The predicted molar refractivity (Wildman–Crippen MR) is 161 cm³/mol. The van der Waals surface area contributed by atoms with Gasteiger partial charge < -0.3 is 14.0 Å². The van der Waals surface area contributed by atoms with Gasteiger partial charge in [-0.2, -0.15) is 0 Å². The van der Waals surface area contributed by atoms with Crippen molar-refractivity contribution in [3.8, 4) is 11.4 Å². The van der Waals surface area contributed by atoms with Crippen molar-refractivity contribution in [3.63, 3.8) is 0 Å². The molecular formula is C31H31ClN4O4S. The number of carbonyl (C=O) groups excluding carboxylic acids is 1. The van der Waals surface area contributed by atoms with E-state index >= 15 is 0 Å². The highest BCUT2D eigenvalue weighted by molar-refractivity contribution is 7.07. The van der Waals surface area contributed by atoms with Crippen LogP contribution in [0.5, 0.6) is 5.75 Å². The van der Waals surface area contributed by atoms with Crippen LogP contribution in [0.25, 0.3) is 11.8 Å². The Morgan fingerprint density at radius 2 is 2.00 bits per heavy atom. The largest absolute Gasteiger partial charge is 0.496 e. The van der Waals surface area contributed by atoms with Crippen LogP contribution >= 0.6 is 22.9 Å². The topological polar surface area (TPSA) is 87.7 Å². The number of aryl methyl sites for hydroxylation is 1. The third-order valence-electron chi connectivity index (χ3n) is 7.04. The van der Waals surface area contributed by atoms with Crippen LogP contribution < -0.4 is 19.6 Å². The van der Waals surface area contributed by atoms with E-state index in [0.717, 1.165) is 29.1 Å². The van der Waals surface area contributed by atoms with Crippen LogP contribution in [0.1, 0.15) is 55.2 Å². The predicted octanol–water partition coefficient (Wildman–Crippen LogP) is 5.04. The molecule has 1 aromatic carbocycles. The molecule has 0 saturated carbocycles. The van der Waals surface area contributed by atoms with Crippen molar-refractivity contribution in [2.75, 3.05) is 13.7 Å². The van der Waals surface area contributed by atoms with Gasteiger partial charge in [0.25, 0.3) is 5.56 Å². The second-order valence-corrected chi connectivity index (χ2v) is 11.1. The monoisotopic (exact) mass is 590 g/mol. The maximum Gasteiger partial charge on any atom is 0.338 e. The number of hydrogen-bond acceptors (Lipinski definition) is 7. The SMILES string of the molecule is CCCC1=C(C(=O)OCC)[C@H](c2cc(Cl)ccc2OC)n2c(s/c(=C/c3cc(C)n(-c4cccnc4)c3C)c2=O)=N1. The highest BCUT2D eigenvalue weighted by Crippen LogP contribution is 2.38. The molecule has 4 aromatic rings. The Hall–Kier alpha value is -3.95. The Balaban J connectivity index is 1.77. The Labute approximate surface area is 246 Å². The van der Waals surface area contributed by atoms with Crippen molar-refractivity contribution in [1.29, 1.82) is 0 Å². The van der Waals surface area contributed by atoms with Gasteiger partial charge in [-0.15, -0.1) is 0 Å². The third-order valence-corrected chi connectivity index (χ3v) is 8.26. The Bertz CT molecular complexity index is 1840. The van der Waals surface area contributed by atoms with E-state index < -0.39 is 12.0 Å². The van der Waals surface area contributed by atoms with Crippen LogP contribution in [0.15, 0.2) is 69.8 Å². The number of nitrogens with zero attached hydrogens (tertiary/aromatic N) is 4. The molecule has 0 fully saturated rings. The summed E-state index contributed by atoms with van der Waals surface area (Å²) in [5.41, 5.74) is 5.10. The minimum absolute atomic E-state index is 0.193. The Morgan fingerprint density at radius 1 is 1.20 bits per heavy atom. The summed E-state index contributed by atoms with van der Waals surface area (Å²) in [7, 11) is 1.55. The number of aromatic nitrogens is 3. The number of methoxy groups -OCH3 is 1. The molecule has 3 aromatic heterocycles. The van der Waals surface area contributed by atoms with E-state index in [9.17, 15) is 9.59 Å². The number of benzene rings is 1. The fraction of sp³-hybridized carbons (Fsp3) is 0.290. The molecule has 0 unspecified atom stereocenters. The highest BCUT2D eigenvalue weighted by Gasteiger charge is 2.36. The molecule has 10 heteroatoms. The molecule has 0 saturated heterocycles. The molecule has 41 heavy (non-hydrogen) atoms. The average Bonchev–Trinajstić information content (AvgIpc) is 3.42. The number of fused-ring (bicyclic) bond motifs is 1. The number of pyridine rings is 1. The molecule has 212 valence electrons. The summed E-state index contributed by atoms with van der Waals surface area (Å²) in [6.45, 7) is 8.00. The maximum atomic E-state index is 14.2. The lowest BCUT2D eigenvalue weighted by atomic mass is 9.93. The number of carbonyl (C=O) groups is 1. The number of thiazole rings is 1. The van der Waals surface area contributed by atoms with Gasteiger partial charge in [-0.25, -0.2) is 9.79 Å². The van der Waals surface area contributed by atoms with Gasteiger partial charge in [0, 0.05) is 28.2 Å². The molecule has 4 heterocycles. The molecule has 0 aliphatic carbocycles. The summed E-state index contributed by atoms with van der Waals surface area (Å²) < 4.78 is 15.3. The van der Waals surface area contributed by atoms with E-state index in [4.69, 9.17) is 26.1 Å². The van der Waals surface area contributed by atoms with Crippen LogP contribution in [0.4, 0.5) is 0 Å². The van der Waals surface area contributed by atoms with Gasteiger partial charge in [-0.3, -0.25) is 14.3 Å². The number of allylic oxidation sites excluding steroid dienone is 1. The number of rotatable bonds is 8. The molecule has 0 N–H and O–H groups in total. The number of hydrogen-bond donors (Lipinski definition) is 0.